The highest BCUT2D eigenvalue weighted by molar-refractivity contribution is 6.13. The normalized spacial score (nSPS) is 11.8. The van der Waals surface area contributed by atoms with Crippen molar-refractivity contribution in [2.45, 2.75) is 0 Å². The van der Waals surface area contributed by atoms with Crippen LogP contribution in [0.15, 0.2) is 182 Å². The minimum absolute atomic E-state index is 0.691. The van der Waals surface area contributed by atoms with E-state index in [9.17, 15) is 0 Å². The average molecular weight is 678 g/mol. The highest BCUT2D eigenvalue weighted by Gasteiger charge is 2.17. The van der Waals surface area contributed by atoms with E-state index in [-0.39, 0.29) is 0 Å². The first-order chi connectivity index (χ1) is 26.3. The maximum absolute atomic E-state index is 4.78. The standard InChI is InChI=1S/C48H31N5/c1-2-11-32(12-3-1)47-49-48(51-50-47)33-20-23-37(24-21-33)52-43-16-8-7-15-40(43)42-30-38(25-27-46(42)52)53-44-17-9-6-14-39(44)41-29-36(22-26-45(41)53)35-19-18-31-10-4-5-13-34(31)28-35/h1-30H,(H,49,50,51). The van der Waals surface area contributed by atoms with Gasteiger partial charge in [0.05, 0.1) is 22.1 Å². The fourth-order valence-electron chi connectivity index (χ4n) is 8.05. The Morgan fingerprint density at radius 3 is 1.68 bits per heavy atom. The third kappa shape index (κ3) is 4.71. The third-order valence-electron chi connectivity index (χ3n) is 10.6. The summed E-state index contributed by atoms with van der Waals surface area (Å²) in [5.41, 5.74) is 11.4. The van der Waals surface area contributed by atoms with Crippen molar-refractivity contribution < 1.29 is 0 Å². The Balaban J connectivity index is 1.02. The van der Waals surface area contributed by atoms with Crippen LogP contribution in [0.1, 0.15) is 0 Å². The van der Waals surface area contributed by atoms with Crippen LogP contribution in [0.3, 0.4) is 0 Å². The maximum atomic E-state index is 4.78. The lowest BCUT2D eigenvalue weighted by Crippen LogP contribution is -1.96. The second-order valence-corrected chi connectivity index (χ2v) is 13.6. The van der Waals surface area contributed by atoms with E-state index in [1.165, 1.54) is 60.0 Å². The molecule has 248 valence electrons. The van der Waals surface area contributed by atoms with Gasteiger partial charge in [0.25, 0.3) is 0 Å². The molecule has 0 saturated carbocycles. The van der Waals surface area contributed by atoms with Gasteiger partial charge in [-0.25, -0.2) is 4.98 Å². The van der Waals surface area contributed by atoms with Crippen LogP contribution >= 0.6 is 0 Å². The third-order valence-corrected chi connectivity index (χ3v) is 10.6. The summed E-state index contributed by atoms with van der Waals surface area (Å²) in [6, 6.07) is 65.1. The zero-order valence-electron chi connectivity index (χ0n) is 28.6. The van der Waals surface area contributed by atoms with Gasteiger partial charge in [-0.1, -0.05) is 109 Å². The molecule has 5 heteroatoms. The highest BCUT2D eigenvalue weighted by atomic mass is 15.2. The molecule has 11 aromatic rings. The van der Waals surface area contributed by atoms with Crippen LogP contribution in [-0.4, -0.2) is 24.3 Å². The second kappa shape index (κ2) is 11.7. The van der Waals surface area contributed by atoms with E-state index in [2.05, 4.69) is 171 Å². The monoisotopic (exact) mass is 677 g/mol. The van der Waals surface area contributed by atoms with E-state index in [0.717, 1.165) is 33.8 Å². The van der Waals surface area contributed by atoms with Crippen LogP contribution in [0.25, 0.3) is 99.7 Å². The van der Waals surface area contributed by atoms with Crippen molar-refractivity contribution in [3.05, 3.63) is 182 Å². The van der Waals surface area contributed by atoms with Crippen LogP contribution in [0.5, 0.6) is 0 Å². The predicted octanol–water partition coefficient (Wildman–Crippen LogP) is 12.2. The number of hydrogen-bond acceptors (Lipinski definition) is 2. The van der Waals surface area contributed by atoms with Gasteiger partial charge >= 0.3 is 0 Å². The molecule has 0 aliphatic heterocycles. The minimum Gasteiger partial charge on any atom is -0.309 e. The molecule has 0 fully saturated rings. The minimum atomic E-state index is 0.691. The second-order valence-electron chi connectivity index (χ2n) is 13.6. The number of hydrogen-bond donors (Lipinski definition) is 1. The molecule has 0 saturated heterocycles. The number of rotatable bonds is 5. The summed E-state index contributed by atoms with van der Waals surface area (Å²) in [5, 5.41) is 15.0. The van der Waals surface area contributed by atoms with Gasteiger partial charge in [0.2, 0.25) is 0 Å². The largest absolute Gasteiger partial charge is 0.309 e. The molecule has 0 atom stereocenters. The number of aromatic amines is 1. The molecule has 3 heterocycles. The van der Waals surface area contributed by atoms with Crippen LogP contribution in [0, 0.1) is 0 Å². The van der Waals surface area contributed by atoms with Crippen molar-refractivity contribution >= 4 is 54.4 Å². The fraction of sp³-hybridized carbons (Fsp3) is 0. The van der Waals surface area contributed by atoms with E-state index >= 15 is 0 Å². The zero-order chi connectivity index (χ0) is 34.9. The van der Waals surface area contributed by atoms with Gasteiger partial charge in [-0.3, -0.25) is 5.10 Å². The van der Waals surface area contributed by atoms with E-state index in [4.69, 9.17) is 4.98 Å². The van der Waals surface area contributed by atoms with E-state index in [1.54, 1.807) is 0 Å². The summed E-state index contributed by atoms with van der Waals surface area (Å²) in [7, 11) is 0. The van der Waals surface area contributed by atoms with E-state index < -0.39 is 0 Å². The van der Waals surface area contributed by atoms with Crippen LogP contribution in [0.2, 0.25) is 0 Å². The van der Waals surface area contributed by atoms with E-state index in [0.29, 0.717) is 5.82 Å². The molecule has 5 nitrogen and oxygen atoms in total. The summed E-state index contributed by atoms with van der Waals surface area (Å²) in [5.74, 6) is 1.44. The van der Waals surface area contributed by atoms with Gasteiger partial charge in [-0.05, 0) is 94.7 Å². The molecule has 8 aromatic carbocycles. The number of fused-ring (bicyclic) bond motifs is 7. The summed E-state index contributed by atoms with van der Waals surface area (Å²) >= 11 is 0. The van der Waals surface area contributed by atoms with Gasteiger partial charge in [-0.2, -0.15) is 5.10 Å². The molecule has 0 radical (unpaired) electrons. The molecule has 0 unspecified atom stereocenters. The Morgan fingerprint density at radius 2 is 0.906 bits per heavy atom. The van der Waals surface area contributed by atoms with Crippen LogP contribution in [-0.2, 0) is 0 Å². The van der Waals surface area contributed by atoms with Crippen molar-refractivity contribution in [1.82, 2.24) is 24.3 Å². The smallest absolute Gasteiger partial charge is 0.181 e. The number of H-pyrrole nitrogens is 1. The number of para-hydroxylation sites is 2. The fourth-order valence-corrected chi connectivity index (χ4v) is 8.05. The molecule has 1 N–H and O–H groups in total. The van der Waals surface area contributed by atoms with Crippen molar-refractivity contribution in [2.75, 3.05) is 0 Å². The lowest BCUT2D eigenvalue weighted by Gasteiger charge is -2.11. The SMILES string of the molecule is c1ccc(-c2n[nH]c(-c3ccc(-n4c5ccccc5c5cc(-n6c7ccccc7c7cc(-c8ccc9ccccc9c8)ccc76)ccc54)cc3)n2)cc1. The van der Waals surface area contributed by atoms with E-state index in [1.807, 2.05) is 30.3 Å². The zero-order valence-corrected chi connectivity index (χ0v) is 28.6. The molecule has 0 amide bonds. The Labute approximate surface area is 305 Å². The molecule has 11 rings (SSSR count). The average Bonchev–Trinajstić information content (AvgIpc) is 3.94. The van der Waals surface area contributed by atoms with Crippen LogP contribution < -0.4 is 0 Å². The summed E-state index contributed by atoms with van der Waals surface area (Å²) in [6.45, 7) is 0. The van der Waals surface area contributed by atoms with Crippen molar-refractivity contribution in [3.8, 4) is 45.3 Å². The molecule has 3 aromatic heterocycles. The summed E-state index contributed by atoms with van der Waals surface area (Å²) in [4.78, 5) is 4.78. The Kier molecular flexibility index (Phi) is 6.48. The molecule has 53 heavy (non-hydrogen) atoms. The number of benzene rings is 8. The van der Waals surface area contributed by atoms with Gasteiger partial charge < -0.3 is 9.13 Å². The first-order valence-electron chi connectivity index (χ1n) is 17.9. The van der Waals surface area contributed by atoms with Crippen molar-refractivity contribution in [1.29, 1.82) is 0 Å². The molecule has 0 spiro atoms. The summed E-state index contributed by atoms with van der Waals surface area (Å²) < 4.78 is 4.77. The van der Waals surface area contributed by atoms with Crippen molar-refractivity contribution in [2.24, 2.45) is 0 Å². The highest BCUT2D eigenvalue weighted by Crippen LogP contribution is 2.38. The Hall–Kier alpha value is -7.24. The van der Waals surface area contributed by atoms with Gasteiger partial charge in [0.1, 0.15) is 0 Å². The Bertz CT molecular complexity index is 3160. The first-order valence-corrected chi connectivity index (χ1v) is 17.9. The lowest BCUT2D eigenvalue weighted by molar-refractivity contribution is 1.10. The molecule has 0 bridgehead atoms. The topological polar surface area (TPSA) is 51.4 Å². The molecular weight excluding hydrogens is 647 g/mol. The van der Waals surface area contributed by atoms with Gasteiger partial charge in [-0.15, -0.1) is 0 Å². The Morgan fingerprint density at radius 1 is 0.358 bits per heavy atom. The predicted molar refractivity (Wildman–Crippen MR) is 219 cm³/mol. The van der Waals surface area contributed by atoms with Crippen LogP contribution in [0.4, 0.5) is 0 Å². The lowest BCUT2D eigenvalue weighted by atomic mass is 9.99. The molecule has 0 aliphatic carbocycles. The molecule has 0 aliphatic rings. The number of nitrogens with zero attached hydrogens (tertiary/aromatic N) is 4. The van der Waals surface area contributed by atoms with Gasteiger partial charge in [0.15, 0.2) is 11.6 Å². The van der Waals surface area contributed by atoms with Gasteiger partial charge in [0, 0.05) is 44.0 Å². The number of nitrogens with one attached hydrogen (secondary N) is 1. The number of aromatic nitrogens is 5. The maximum Gasteiger partial charge on any atom is 0.181 e. The van der Waals surface area contributed by atoms with Crippen molar-refractivity contribution in [3.63, 3.8) is 0 Å². The first kappa shape index (κ1) is 29.5. The molecular formula is C48H31N5. The summed E-state index contributed by atoms with van der Waals surface area (Å²) in [6.07, 6.45) is 0. The quantitative estimate of drug-likeness (QED) is 0.197.